The average Bonchev–Trinajstić information content (AvgIpc) is 3.09. The second-order valence-corrected chi connectivity index (χ2v) is 7.11. The summed E-state index contributed by atoms with van der Waals surface area (Å²) in [7, 11) is 0. The van der Waals surface area contributed by atoms with E-state index in [0.29, 0.717) is 50.5 Å². The van der Waals surface area contributed by atoms with E-state index in [-0.39, 0.29) is 23.4 Å². The quantitative estimate of drug-likeness (QED) is 0.711. The number of benzene rings is 1. The number of carbonyl (C=O) groups excluding carboxylic acids is 2. The standard InChI is InChI=1S/C19H21FN6O3/c20-12-1-3-13(4-2-12)26-6-5-14(18(26)28)17(27)25-9-7-24(8-10-25)15-11-22-19(29)23-16(15)21/h1-4,11,14H,5-10H2,(H3,21,22,23,29). The van der Waals surface area contributed by atoms with Gasteiger partial charge < -0.3 is 20.4 Å². The Bertz CT molecular complexity index is 984. The van der Waals surface area contributed by atoms with Crippen LogP contribution in [0.4, 0.5) is 21.6 Å². The first kappa shape index (κ1) is 18.9. The first-order valence-electron chi connectivity index (χ1n) is 9.39. The van der Waals surface area contributed by atoms with Gasteiger partial charge >= 0.3 is 5.69 Å². The molecule has 2 aliphatic rings. The van der Waals surface area contributed by atoms with Gasteiger partial charge in [-0.05, 0) is 30.7 Å². The van der Waals surface area contributed by atoms with Crippen LogP contribution in [0.15, 0.2) is 35.3 Å². The van der Waals surface area contributed by atoms with Gasteiger partial charge in [0.05, 0.1) is 11.9 Å². The molecule has 2 saturated heterocycles. The molecule has 1 aromatic carbocycles. The monoisotopic (exact) mass is 400 g/mol. The van der Waals surface area contributed by atoms with E-state index in [9.17, 15) is 18.8 Å². The van der Waals surface area contributed by atoms with Gasteiger partial charge in [-0.1, -0.05) is 0 Å². The molecule has 1 aromatic heterocycles. The lowest BCUT2D eigenvalue weighted by Crippen LogP contribution is -2.51. The largest absolute Gasteiger partial charge is 0.383 e. The summed E-state index contributed by atoms with van der Waals surface area (Å²) in [6.07, 6.45) is 1.86. The molecule has 2 aliphatic heterocycles. The van der Waals surface area contributed by atoms with Gasteiger partial charge in [0.2, 0.25) is 11.8 Å². The highest BCUT2D eigenvalue weighted by Gasteiger charge is 2.40. The van der Waals surface area contributed by atoms with Crippen LogP contribution in [0, 0.1) is 11.7 Å². The zero-order valence-corrected chi connectivity index (χ0v) is 15.7. The molecule has 3 N–H and O–H groups in total. The third kappa shape index (κ3) is 3.65. The number of nitrogen functional groups attached to an aromatic ring is 1. The highest BCUT2D eigenvalue weighted by molar-refractivity contribution is 6.09. The number of piperazine rings is 1. The SMILES string of the molecule is Nc1[nH]c(=O)ncc1N1CCN(C(=O)C2CCN(c3ccc(F)cc3)C2=O)CC1. The molecule has 0 bridgehead atoms. The van der Waals surface area contributed by atoms with E-state index in [1.165, 1.54) is 23.2 Å². The molecule has 1 atom stereocenters. The third-order valence-corrected chi connectivity index (χ3v) is 5.40. The number of hydrogen-bond acceptors (Lipinski definition) is 6. The number of anilines is 3. The van der Waals surface area contributed by atoms with Crippen LogP contribution in [-0.4, -0.2) is 59.4 Å². The molecule has 29 heavy (non-hydrogen) atoms. The molecule has 10 heteroatoms. The van der Waals surface area contributed by atoms with E-state index in [1.807, 2.05) is 4.90 Å². The molecule has 0 aliphatic carbocycles. The van der Waals surface area contributed by atoms with Crippen molar-refractivity contribution in [2.75, 3.05) is 48.3 Å². The minimum absolute atomic E-state index is 0.188. The van der Waals surface area contributed by atoms with Crippen molar-refractivity contribution in [2.24, 2.45) is 5.92 Å². The van der Waals surface area contributed by atoms with Crippen LogP contribution in [0.25, 0.3) is 0 Å². The molecule has 4 rings (SSSR count). The number of H-pyrrole nitrogens is 1. The molecule has 2 fully saturated rings. The van der Waals surface area contributed by atoms with Gasteiger partial charge in [-0.2, -0.15) is 4.98 Å². The van der Waals surface area contributed by atoms with E-state index in [4.69, 9.17) is 5.73 Å². The summed E-state index contributed by atoms with van der Waals surface area (Å²) in [6.45, 7) is 2.36. The lowest BCUT2D eigenvalue weighted by molar-refractivity contribution is -0.140. The summed E-state index contributed by atoms with van der Waals surface area (Å²) in [5.74, 6) is -1.29. The Morgan fingerprint density at radius 3 is 2.45 bits per heavy atom. The second-order valence-electron chi connectivity index (χ2n) is 7.11. The van der Waals surface area contributed by atoms with Gasteiger partial charge in [-0.15, -0.1) is 0 Å². The van der Waals surface area contributed by atoms with Gasteiger partial charge in [0.25, 0.3) is 0 Å². The number of rotatable bonds is 3. The molecule has 2 amide bonds. The second kappa shape index (κ2) is 7.53. The maximum absolute atomic E-state index is 13.1. The number of nitrogens with two attached hydrogens (primary N) is 1. The fourth-order valence-corrected chi connectivity index (χ4v) is 3.83. The Morgan fingerprint density at radius 1 is 1.10 bits per heavy atom. The van der Waals surface area contributed by atoms with Crippen LogP contribution in [0.1, 0.15) is 6.42 Å². The third-order valence-electron chi connectivity index (χ3n) is 5.40. The predicted molar refractivity (Wildman–Crippen MR) is 105 cm³/mol. The van der Waals surface area contributed by atoms with Gasteiger partial charge in [-0.3, -0.25) is 14.6 Å². The number of carbonyl (C=O) groups is 2. The summed E-state index contributed by atoms with van der Waals surface area (Å²) in [6, 6.07) is 5.69. The van der Waals surface area contributed by atoms with E-state index < -0.39 is 11.6 Å². The summed E-state index contributed by atoms with van der Waals surface area (Å²) < 4.78 is 13.1. The number of nitrogens with one attached hydrogen (secondary N) is 1. The number of hydrogen-bond donors (Lipinski definition) is 2. The molecular formula is C19H21FN6O3. The topological polar surface area (TPSA) is 116 Å². The van der Waals surface area contributed by atoms with Crippen LogP contribution in [0.5, 0.6) is 0 Å². The van der Waals surface area contributed by atoms with Gasteiger partial charge in [-0.25, -0.2) is 9.18 Å². The Kier molecular flexibility index (Phi) is 4.91. The van der Waals surface area contributed by atoms with Crippen LogP contribution >= 0.6 is 0 Å². The lowest BCUT2D eigenvalue weighted by Gasteiger charge is -2.37. The number of nitrogens with zero attached hydrogens (tertiary/aromatic N) is 4. The Labute approximate surface area is 165 Å². The van der Waals surface area contributed by atoms with Crippen molar-refractivity contribution in [2.45, 2.75) is 6.42 Å². The van der Waals surface area contributed by atoms with Crippen molar-refractivity contribution >= 4 is 29.0 Å². The van der Waals surface area contributed by atoms with Crippen molar-refractivity contribution in [1.82, 2.24) is 14.9 Å². The number of halogens is 1. The molecule has 9 nitrogen and oxygen atoms in total. The minimum Gasteiger partial charge on any atom is -0.383 e. The van der Waals surface area contributed by atoms with E-state index in [0.717, 1.165) is 0 Å². The van der Waals surface area contributed by atoms with Gasteiger partial charge in [0, 0.05) is 38.4 Å². The molecule has 2 aromatic rings. The van der Waals surface area contributed by atoms with Crippen LogP contribution in [0.3, 0.4) is 0 Å². The first-order valence-corrected chi connectivity index (χ1v) is 9.39. The Hall–Kier alpha value is -3.43. The van der Waals surface area contributed by atoms with E-state index >= 15 is 0 Å². The summed E-state index contributed by atoms with van der Waals surface area (Å²) >= 11 is 0. The molecule has 0 saturated carbocycles. The fraction of sp³-hybridized carbons (Fsp3) is 0.368. The van der Waals surface area contributed by atoms with Gasteiger partial charge in [0.15, 0.2) is 0 Å². The minimum atomic E-state index is -0.716. The van der Waals surface area contributed by atoms with Gasteiger partial charge in [0.1, 0.15) is 17.6 Å². The number of amides is 2. The van der Waals surface area contributed by atoms with Crippen molar-refractivity contribution in [3.05, 3.63) is 46.8 Å². The molecule has 3 heterocycles. The Morgan fingerprint density at radius 2 is 1.79 bits per heavy atom. The highest BCUT2D eigenvalue weighted by Crippen LogP contribution is 2.27. The maximum atomic E-state index is 13.1. The molecule has 1 unspecified atom stereocenters. The zero-order chi connectivity index (χ0) is 20.5. The van der Waals surface area contributed by atoms with E-state index in [2.05, 4.69) is 9.97 Å². The molecular weight excluding hydrogens is 379 g/mol. The number of aromatic nitrogens is 2. The molecule has 0 radical (unpaired) electrons. The predicted octanol–water partition coefficient (Wildman–Crippen LogP) is 0.193. The Balaban J connectivity index is 1.39. The van der Waals surface area contributed by atoms with Crippen molar-refractivity contribution in [1.29, 1.82) is 0 Å². The normalized spacial score (nSPS) is 19.7. The summed E-state index contributed by atoms with van der Waals surface area (Å²) in [5.41, 5.74) is 6.56. The average molecular weight is 400 g/mol. The zero-order valence-electron chi connectivity index (χ0n) is 15.7. The van der Waals surface area contributed by atoms with Crippen LogP contribution < -0.4 is 21.2 Å². The van der Waals surface area contributed by atoms with E-state index in [1.54, 1.807) is 17.0 Å². The van der Waals surface area contributed by atoms with Crippen molar-refractivity contribution < 1.29 is 14.0 Å². The fourth-order valence-electron chi connectivity index (χ4n) is 3.83. The highest BCUT2D eigenvalue weighted by atomic mass is 19.1. The molecule has 152 valence electrons. The van der Waals surface area contributed by atoms with Crippen LogP contribution in [0.2, 0.25) is 0 Å². The first-order chi connectivity index (χ1) is 13.9. The molecule has 0 spiro atoms. The smallest absolute Gasteiger partial charge is 0.346 e. The maximum Gasteiger partial charge on any atom is 0.346 e. The van der Waals surface area contributed by atoms with Crippen LogP contribution in [-0.2, 0) is 9.59 Å². The number of aromatic amines is 1. The lowest BCUT2D eigenvalue weighted by atomic mass is 10.1. The summed E-state index contributed by atoms with van der Waals surface area (Å²) in [5, 5.41) is 0. The summed E-state index contributed by atoms with van der Waals surface area (Å²) in [4.78, 5) is 48.2. The van der Waals surface area contributed by atoms with Crippen molar-refractivity contribution in [3.63, 3.8) is 0 Å². The van der Waals surface area contributed by atoms with Crippen molar-refractivity contribution in [3.8, 4) is 0 Å².